The zero-order valence-corrected chi connectivity index (χ0v) is 19.6. The van der Waals surface area contributed by atoms with Crippen molar-refractivity contribution in [1.82, 2.24) is 20.1 Å². The van der Waals surface area contributed by atoms with Crippen molar-refractivity contribution in [2.45, 2.75) is 37.3 Å². The largest absolute Gasteiger partial charge is 0.489 e. The number of nitrogens with zero attached hydrogens (tertiary/aromatic N) is 4. The van der Waals surface area contributed by atoms with Gasteiger partial charge in [-0.25, -0.2) is 9.78 Å². The molecule has 9 nitrogen and oxygen atoms in total. The number of carbonyl (C=O) groups is 2. The first kappa shape index (κ1) is 23.5. The summed E-state index contributed by atoms with van der Waals surface area (Å²) in [6.45, 7) is -0.0615. The molecule has 2 N–H and O–H groups in total. The number of likely N-dealkylation sites (N-methyl/N-ethyl adjacent to an activating group) is 1. The van der Waals surface area contributed by atoms with Gasteiger partial charge in [0.15, 0.2) is 0 Å². The maximum absolute atomic E-state index is 13.3. The van der Waals surface area contributed by atoms with E-state index in [0.717, 1.165) is 11.1 Å². The Kier molecular flexibility index (Phi) is 6.16. The number of carbonyl (C=O) groups excluding carboxylic acids is 2. The van der Waals surface area contributed by atoms with Crippen molar-refractivity contribution >= 4 is 17.6 Å². The highest BCUT2D eigenvalue weighted by molar-refractivity contribution is 6.00. The molecule has 1 unspecified atom stereocenters. The summed E-state index contributed by atoms with van der Waals surface area (Å²) in [5.74, 6) is 5.43. The highest BCUT2D eigenvalue weighted by Gasteiger charge is 2.33. The molecule has 0 saturated heterocycles. The molecular weight excluding hydrogens is 465 g/mol. The number of fused-ring (bicyclic) bond motifs is 1. The van der Waals surface area contributed by atoms with Gasteiger partial charge in [-0.05, 0) is 55.2 Å². The minimum Gasteiger partial charge on any atom is -0.489 e. The van der Waals surface area contributed by atoms with Crippen LogP contribution in [0, 0.1) is 17.8 Å². The molecule has 36 heavy (non-hydrogen) atoms. The molecule has 1 aliphatic heterocycles. The van der Waals surface area contributed by atoms with Crippen LogP contribution in [-0.4, -0.2) is 57.1 Å². The summed E-state index contributed by atoms with van der Waals surface area (Å²) in [5, 5.41) is 16.9. The summed E-state index contributed by atoms with van der Waals surface area (Å²) in [4.78, 5) is 31.1. The van der Waals surface area contributed by atoms with E-state index in [0.29, 0.717) is 47.5 Å². The van der Waals surface area contributed by atoms with E-state index in [1.807, 2.05) is 0 Å². The number of aliphatic hydroxyl groups is 1. The number of rotatable bonds is 3. The first-order chi connectivity index (χ1) is 17.3. The molecule has 1 saturated carbocycles. The Bertz CT molecular complexity index is 1390. The summed E-state index contributed by atoms with van der Waals surface area (Å²) in [6.07, 6.45) is 5.57. The van der Waals surface area contributed by atoms with Crippen molar-refractivity contribution in [1.29, 1.82) is 0 Å². The van der Waals surface area contributed by atoms with Gasteiger partial charge in [0, 0.05) is 30.9 Å². The third kappa shape index (κ3) is 4.92. The number of hydrogen-bond acceptors (Lipinski definition) is 6. The van der Waals surface area contributed by atoms with E-state index in [1.54, 1.807) is 37.4 Å². The van der Waals surface area contributed by atoms with E-state index in [9.17, 15) is 19.1 Å². The number of aromatic nitrogens is 3. The molecule has 5 rings (SSSR count). The molecule has 10 heteroatoms. The van der Waals surface area contributed by atoms with Gasteiger partial charge in [-0.3, -0.25) is 4.79 Å². The van der Waals surface area contributed by atoms with E-state index < -0.39 is 23.6 Å². The Labute approximate surface area is 206 Å². The highest BCUT2D eigenvalue weighted by Crippen LogP contribution is 2.33. The van der Waals surface area contributed by atoms with Crippen molar-refractivity contribution in [3.8, 4) is 17.6 Å². The molecule has 1 aromatic carbocycles. The lowest BCUT2D eigenvalue weighted by atomic mass is 9.81. The summed E-state index contributed by atoms with van der Waals surface area (Å²) in [5.41, 5.74) is 1.41. The van der Waals surface area contributed by atoms with Crippen LogP contribution in [0.15, 0.2) is 48.8 Å². The number of benzene rings is 1. The number of amides is 2. The first-order valence-electron chi connectivity index (χ1n) is 11.6. The molecular formula is C26H24FN5O4. The Morgan fingerprint density at radius 1 is 1.33 bits per heavy atom. The molecule has 2 aromatic heterocycles. The molecule has 0 bridgehead atoms. The van der Waals surface area contributed by atoms with Crippen LogP contribution in [0.4, 0.5) is 14.9 Å². The number of nitrogens with one attached hydrogen (secondary N) is 1. The van der Waals surface area contributed by atoms with Gasteiger partial charge in [-0.1, -0.05) is 17.9 Å². The van der Waals surface area contributed by atoms with Crippen molar-refractivity contribution in [3.05, 3.63) is 71.6 Å². The fraction of sp³-hybridized carbons (Fsp3) is 0.308. The third-order valence-corrected chi connectivity index (χ3v) is 6.27. The quantitative estimate of drug-likeness (QED) is 0.432. The van der Waals surface area contributed by atoms with Gasteiger partial charge in [-0.2, -0.15) is 14.2 Å². The van der Waals surface area contributed by atoms with Crippen molar-refractivity contribution < 1.29 is 23.8 Å². The molecule has 2 aliphatic rings. The monoisotopic (exact) mass is 489 g/mol. The van der Waals surface area contributed by atoms with E-state index in [4.69, 9.17) is 4.74 Å². The van der Waals surface area contributed by atoms with E-state index in [-0.39, 0.29) is 12.5 Å². The van der Waals surface area contributed by atoms with Crippen molar-refractivity contribution in [3.63, 3.8) is 0 Å². The lowest BCUT2D eigenvalue weighted by Gasteiger charge is -2.30. The van der Waals surface area contributed by atoms with Crippen LogP contribution < -0.4 is 15.0 Å². The molecule has 3 aromatic rings. The second-order valence-electron chi connectivity index (χ2n) is 8.95. The maximum Gasteiger partial charge on any atom is 0.342 e. The minimum absolute atomic E-state index is 0.0615. The van der Waals surface area contributed by atoms with Crippen LogP contribution in [-0.2, 0) is 11.2 Å². The van der Waals surface area contributed by atoms with Gasteiger partial charge in [0.1, 0.15) is 24.0 Å². The topological polar surface area (TPSA) is 110 Å². The fourth-order valence-corrected chi connectivity index (χ4v) is 4.04. The van der Waals surface area contributed by atoms with Crippen LogP contribution in [0.1, 0.15) is 36.1 Å². The number of ether oxygens (including phenoxy) is 1. The third-order valence-electron chi connectivity index (χ3n) is 6.27. The Hall–Kier alpha value is -4.23. The number of hydrogen-bond donors (Lipinski definition) is 2. The van der Waals surface area contributed by atoms with E-state index in [1.165, 1.54) is 23.4 Å². The normalized spacial score (nSPS) is 18.1. The van der Waals surface area contributed by atoms with Crippen LogP contribution in [0.3, 0.4) is 0 Å². The first-order valence-corrected chi connectivity index (χ1v) is 11.6. The molecule has 1 aliphatic carbocycles. The Morgan fingerprint density at radius 2 is 2.17 bits per heavy atom. The Morgan fingerprint density at radius 3 is 2.92 bits per heavy atom. The molecule has 1 fully saturated rings. The summed E-state index contributed by atoms with van der Waals surface area (Å²) >= 11 is 0. The second-order valence-corrected chi connectivity index (χ2v) is 8.95. The average molecular weight is 490 g/mol. The predicted octanol–water partition coefficient (Wildman–Crippen LogP) is 2.26. The van der Waals surface area contributed by atoms with Gasteiger partial charge < -0.3 is 20.1 Å². The molecule has 184 valence electrons. The summed E-state index contributed by atoms with van der Waals surface area (Å²) in [6, 6.07) is 8.17. The lowest BCUT2D eigenvalue weighted by molar-refractivity contribution is -0.120. The van der Waals surface area contributed by atoms with Gasteiger partial charge in [-0.15, -0.1) is 0 Å². The van der Waals surface area contributed by atoms with Gasteiger partial charge >= 0.3 is 6.03 Å². The second kappa shape index (κ2) is 9.43. The van der Waals surface area contributed by atoms with Crippen molar-refractivity contribution in [2.75, 3.05) is 18.6 Å². The molecule has 2 amide bonds. The molecule has 3 heterocycles. The maximum atomic E-state index is 13.3. The number of halogens is 1. The smallest absolute Gasteiger partial charge is 0.342 e. The average Bonchev–Trinajstić information content (AvgIpc) is 3.28. The van der Waals surface area contributed by atoms with E-state index in [2.05, 4.69) is 27.2 Å². The molecule has 0 radical (unpaired) electrons. The van der Waals surface area contributed by atoms with Crippen molar-refractivity contribution in [2.24, 2.45) is 0 Å². The number of anilines is 1. The Balaban J connectivity index is 1.26. The van der Waals surface area contributed by atoms with Crippen LogP contribution in [0.2, 0.25) is 0 Å². The predicted molar refractivity (Wildman–Crippen MR) is 128 cm³/mol. The minimum atomic E-state index is -0.947. The van der Waals surface area contributed by atoms with Gasteiger partial charge in [0.05, 0.1) is 11.9 Å². The van der Waals surface area contributed by atoms with Crippen LogP contribution in [0.25, 0.3) is 0 Å². The summed E-state index contributed by atoms with van der Waals surface area (Å²) < 4.78 is 20.2. The summed E-state index contributed by atoms with van der Waals surface area (Å²) in [7, 11) is 1.60. The number of pyridine rings is 1. The zero-order valence-electron chi connectivity index (χ0n) is 19.6. The van der Waals surface area contributed by atoms with Crippen LogP contribution in [0.5, 0.6) is 5.75 Å². The standard InChI is InChI=1S/C26H24FN5O4/c1-31-21-13-17(8-11-26(35)9-3-10-26)6-7-22(21)36-16-20(24(31)33)30-25(34)32-15-18(14-28-32)12-19-4-2-5-23(27)29-19/h2,4-7,13-15,20,35H,3,9-10,12,16H2,1H3,(H,30,34). The fourth-order valence-electron chi connectivity index (χ4n) is 4.04. The lowest BCUT2D eigenvalue weighted by Crippen LogP contribution is -2.50. The van der Waals surface area contributed by atoms with E-state index >= 15 is 0 Å². The van der Waals surface area contributed by atoms with Gasteiger partial charge in [0.25, 0.3) is 5.91 Å². The zero-order chi connectivity index (χ0) is 25.3. The molecule has 0 spiro atoms. The highest BCUT2D eigenvalue weighted by atomic mass is 19.1. The SMILES string of the molecule is CN1C(=O)C(NC(=O)n2cc(Cc3cccc(F)n3)cn2)COc2ccc(C#CC3(O)CCC3)cc21. The molecule has 1 atom stereocenters. The van der Waals surface area contributed by atoms with Gasteiger partial charge in [0.2, 0.25) is 5.95 Å². The van der Waals surface area contributed by atoms with Crippen LogP contribution >= 0.6 is 0 Å².